The molecule has 1 unspecified atom stereocenters. The van der Waals surface area contributed by atoms with Crippen molar-refractivity contribution < 1.29 is 14.3 Å². The molecule has 2 fully saturated rings. The minimum Gasteiger partial charge on any atom is -0.353 e. The van der Waals surface area contributed by atoms with Crippen molar-refractivity contribution in [3.05, 3.63) is 18.0 Å². The molecule has 132 valence electrons. The summed E-state index contributed by atoms with van der Waals surface area (Å²) < 4.78 is 11.0. The molecule has 7 heteroatoms. The molecule has 0 saturated carbocycles. The highest BCUT2D eigenvalue weighted by molar-refractivity contribution is 5.96. The molecule has 2 aliphatic rings. The van der Waals surface area contributed by atoms with Crippen LogP contribution in [0, 0.1) is 5.92 Å². The van der Waals surface area contributed by atoms with Crippen LogP contribution in [0.25, 0.3) is 0 Å². The molecule has 2 N–H and O–H groups in total. The third-order valence-corrected chi connectivity index (χ3v) is 4.73. The first-order valence-corrected chi connectivity index (χ1v) is 8.79. The number of aromatic nitrogens is 2. The molecule has 0 bridgehead atoms. The van der Waals surface area contributed by atoms with Crippen LogP contribution in [0.15, 0.2) is 12.4 Å². The first kappa shape index (κ1) is 17.3. The standard InChI is InChI=1S/C17H26N4O3/c18-9-13-4-6-21(7-5-13)17-19-10-14(11-20-17)15(22)12-24-16-3-1-2-8-23-16/h10-11,13,16H,1-9,12,18H2. The van der Waals surface area contributed by atoms with Crippen molar-refractivity contribution in [3.8, 4) is 0 Å². The topological polar surface area (TPSA) is 90.6 Å². The first-order chi connectivity index (χ1) is 11.8. The van der Waals surface area contributed by atoms with Crippen LogP contribution in [0.3, 0.4) is 0 Å². The quantitative estimate of drug-likeness (QED) is 0.786. The van der Waals surface area contributed by atoms with Crippen molar-refractivity contribution in [2.24, 2.45) is 11.7 Å². The summed E-state index contributed by atoms with van der Waals surface area (Å²) in [5.74, 6) is 1.16. The van der Waals surface area contributed by atoms with E-state index in [1.165, 1.54) is 0 Å². The van der Waals surface area contributed by atoms with Gasteiger partial charge >= 0.3 is 0 Å². The zero-order valence-electron chi connectivity index (χ0n) is 14.0. The fourth-order valence-corrected chi connectivity index (χ4v) is 3.09. The lowest BCUT2D eigenvalue weighted by molar-refractivity contribution is -0.155. The van der Waals surface area contributed by atoms with Crippen molar-refractivity contribution in [3.63, 3.8) is 0 Å². The van der Waals surface area contributed by atoms with Gasteiger partial charge in [0.25, 0.3) is 0 Å². The Balaban J connectivity index is 1.49. The van der Waals surface area contributed by atoms with E-state index in [-0.39, 0.29) is 18.7 Å². The lowest BCUT2D eigenvalue weighted by Gasteiger charge is -2.31. The molecule has 2 aliphatic heterocycles. The van der Waals surface area contributed by atoms with Gasteiger partial charge in [0.2, 0.25) is 5.95 Å². The number of hydrogen-bond acceptors (Lipinski definition) is 7. The SMILES string of the molecule is NCC1CCN(c2ncc(C(=O)COC3CCCCO3)cn2)CC1. The zero-order chi connectivity index (χ0) is 16.8. The maximum absolute atomic E-state index is 12.2. The van der Waals surface area contributed by atoms with Crippen LogP contribution in [0.5, 0.6) is 0 Å². The van der Waals surface area contributed by atoms with E-state index in [4.69, 9.17) is 15.2 Å². The van der Waals surface area contributed by atoms with Gasteiger partial charge < -0.3 is 20.1 Å². The number of nitrogens with zero attached hydrogens (tertiary/aromatic N) is 3. The van der Waals surface area contributed by atoms with E-state index in [0.29, 0.717) is 24.0 Å². The lowest BCUT2D eigenvalue weighted by atomic mass is 9.97. The number of carbonyl (C=O) groups is 1. The maximum Gasteiger partial charge on any atom is 0.225 e. The third kappa shape index (κ3) is 4.49. The van der Waals surface area contributed by atoms with Crippen molar-refractivity contribution in [1.82, 2.24) is 9.97 Å². The van der Waals surface area contributed by atoms with E-state index in [0.717, 1.165) is 51.7 Å². The molecule has 0 amide bonds. The molecule has 1 atom stereocenters. The molecule has 7 nitrogen and oxygen atoms in total. The monoisotopic (exact) mass is 334 g/mol. The minimum absolute atomic E-state index is 0.00919. The maximum atomic E-state index is 12.2. The predicted octanol–water partition coefficient (Wildman–Crippen LogP) is 1.38. The molecule has 1 aromatic rings. The second-order valence-electron chi connectivity index (χ2n) is 6.47. The van der Waals surface area contributed by atoms with Gasteiger partial charge in [0.05, 0.1) is 5.56 Å². The van der Waals surface area contributed by atoms with E-state index >= 15 is 0 Å². The van der Waals surface area contributed by atoms with Gasteiger partial charge in [-0.05, 0) is 44.6 Å². The van der Waals surface area contributed by atoms with Crippen LogP contribution in [0.4, 0.5) is 5.95 Å². The molecular formula is C17H26N4O3. The number of ether oxygens (including phenoxy) is 2. The summed E-state index contributed by atoms with van der Waals surface area (Å²) in [4.78, 5) is 23.0. The Hall–Kier alpha value is -1.57. The van der Waals surface area contributed by atoms with Gasteiger partial charge in [-0.1, -0.05) is 0 Å². The Bertz CT molecular complexity index is 523. The first-order valence-electron chi connectivity index (χ1n) is 8.79. The molecule has 1 aromatic heterocycles. The third-order valence-electron chi connectivity index (χ3n) is 4.73. The molecular weight excluding hydrogens is 308 g/mol. The zero-order valence-corrected chi connectivity index (χ0v) is 14.0. The van der Waals surface area contributed by atoms with Gasteiger partial charge in [0.1, 0.15) is 6.61 Å². The molecule has 3 rings (SSSR count). The average molecular weight is 334 g/mol. The molecule has 2 saturated heterocycles. The Labute approximate surface area is 142 Å². The molecule has 24 heavy (non-hydrogen) atoms. The fraction of sp³-hybridized carbons (Fsp3) is 0.706. The molecule has 0 spiro atoms. The summed E-state index contributed by atoms with van der Waals surface area (Å²) in [6, 6.07) is 0. The van der Waals surface area contributed by atoms with E-state index in [1.807, 2.05) is 0 Å². The lowest BCUT2D eigenvalue weighted by Crippen LogP contribution is -2.37. The highest BCUT2D eigenvalue weighted by Crippen LogP contribution is 2.19. The Morgan fingerprint density at radius 3 is 2.62 bits per heavy atom. The minimum atomic E-state index is -0.258. The van der Waals surface area contributed by atoms with E-state index in [1.54, 1.807) is 12.4 Å². The van der Waals surface area contributed by atoms with Crippen LogP contribution in [-0.2, 0) is 9.47 Å². The van der Waals surface area contributed by atoms with Crippen LogP contribution in [0.1, 0.15) is 42.5 Å². The van der Waals surface area contributed by atoms with Crippen molar-refractivity contribution in [2.45, 2.75) is 38.4 Å². The van der Waals surface area contributed by atoms with Gasteiger partial charge in [0.15, 0.2) is 12.1 Å². The van der Waals surface area contributed by atoms with Crippen LogP contribution < -0.4 is 10.6 Å². The molecule has 0 radical (unpaired) electrons. The number of carbonyl (C=O) groups excluding carboxylic acids is 1. The Kier molecular flexibility index (Phi) is 6.12. The number of Topliss-reactive ketones (excluding diaryl/α,β-unsaturated/α-hetero) is 1. The summed E-state index contributed by atoms with van der Waals surface area (Å²) in [7, 11) is 0. The van der Waals surface area contributed by atoms with E-state index in [9.17, 15) is 4.79 Å². The number of nitrogens with two attached hydrogens (primary N) is 1. The number of piperidine rings is 1. The average Bonchev–Trinajstić information content (AvgIpc) is 2.67. The van der Waals surface area contributed by atoms with Crippen molar-refractivity contribution in [2.75, 3.05) is 37.7 Å². The molecule has 0 aliphatic carbocycles. The summed E-state index contributed by atoms with van der Waals surface area (Å²) in [6.45, 7) is 3.29. The summed E-state index contributed by atoms with van der Waals surface area (Å²) in [6.07, 6.45) is 8.04. The largest absolute Gasteiger partial charge is 0.353 e. The van der Waals surface area contributed by atoms with Crippen molar-refractivity contribution >= 4 is 11.7 Å². The highest BCUT2D eigenvalue weighted by atomic mass is 16.7. The van der Waals surface area contributed by atoms with Crippen molar-refractivity contribution in [1.29, 1.82) is 0 Å². The van der Waals surface area contributed by atoms with Crippen LogP contribution in [0.2, 0.25) is 0 Å². The van der Waals surface area contributed by atoms with Gasteiger partial charge in [-0.2, -0.15) is 0 Å². The van der Waals surface area contributed by atoms with E-state index < -0.39 is 0 Å². The second kappa shape index (κ2) is 8.50. The number of hydrogen-bond donors (Lipinski definition) is 1. The Morgan fingerprint density at radius 1 is 1.25 bits per heavy atom. The number of rotatable bonds is 6. The van der Waals surface area contributed by atoms with Gasteiger partial charge in [-0.3, -0.25) is 4.79 Å². The Morgan fingerprint density at radius 2 is 2.00 bits per heavy atom. The summed E-state index contributed by atoms with van der Waals surface area (Å²) in [5, 5.41) is 0. The molecule has 0 aromatic carbocycles. The summed E-state index contributed by atoms with van der Waals surface area (Å²) in [5.41, 5.74) is 6.19. The summed E-state index contributed by atoms with van der Waals surface area (Å²) >= 11 is 0. The second-order valence-corrected chi connectivity index (χ2v) is 6.47. The highest BCUT2D eigenvalue weighted by Gasteiger charge is 2.21. The van der Waals surface area contributed by atoms with Gasteiger partial charge in [-0.15, -0.1) is 0 Å². The normalized spacial score (nSPS) is 22.5. The van der Waals surface area contributed by atoms with Gasteiger partial charge in [0, 0.05) is 32.1 Å². The number of ketones is 1. The van der Waals surface area contributed by atoms with Crippen LogP contribution >= 0.6 is 0 Å². The van der Waals surface area contributed by atoms with Gasteiger partial charge in [-0.25, -0.2) is 9.97 Å². The van der Waals surface area contributed by atoms with Crippen LogP contribution in [-0.4, -0.2) is 54.9 Å². The van der Waals surface area contributed by atoms with E-state index in [2.05, 4.69) is 14.9 Å². The molecule has 3 heterocycles. The predicted molar refractivity (Wildman–Crippen MR) is 89.9 cm³/mol. The smallest absolute Gasteiger partial charge is 0.225 e. The fourth-order valence-electron chi connectivity index (χ4n) is 3.09. The number of anilines is 1.